The molecule has 0 aromatic heterocycles. The zero-order valence-corrected chi connectivity index (χ0v) is 12.9. The predicted octanol–water partition coefficient (Wildman–Crippen LogP) is 3.56. The van der Waals surface area contributed by atoms with Crippen LogP contribution in [0.25, 0.3) is 0 Å². The van der Waals surface area contributed by atoms with Crippen molar-refractivity contribution in [1.82, 2.24) is 5.32 Å². The maximum Gasteiger partial charge on any atom is 0.223 e. The molecule has 0 radical (unpaired) electrons. The summed E-state index contributed by atoms with van der Waals surface area (Å²) < 4.78 is 13.6. The van der Waals surface area contributed by atoms with Crippen LogP contribution in [0, 0.1) is 35.4 Å². The average Bonchev–Trinajstić information content (AvgIpc) is 2.48. The lowest BCUT2D eigenvalue weighted by Gasteiger charge is -2.53. The molecule has 1 amide bonds. The van der Waals surface area contributed by atoms with Gasteiger partial charge >= 0.3 is 0 Å². The van der Waals surface area contributed by atoms with Crippen molar-refractivity contribution in [3.8, 4) is 0 Å². The zero-order valence-electron chi connectivity index (χ0n) is 12.9. The summed E-state index contributed by atoms with van der Waals surface area (Å²) >= 11 is 0. The molecule has 3 heteroatoms. The van der Waals surface area contributed by atoms with Gasteiger partial charge in [-0.1, -0.05) is 18.2 Å². The van der Waals surface area contributed by atoms with E-state index in [0.717, 1.165) is 11.8 Å². The highest BCUT2D eigenvalue weighted by molar-refractivity contribution is 5.79. The Morgan fingerprint density at radius 1 is 1.05 bits per heavy atom. The van der Waals surface area contributed by atoms with Crippen molar-refractivity contribution in [2.75, 3.05) is 6.54 Å². The molecule has 1 N–H and O–H groups in total. The number of halogens is 1. The molecular weight excluding hydrogens is 277 g/mol. The Hall–Kier alpha value is -1.38. The fraction of sp³-hybridized carbons (Fsp3) is 0.632. The first kappa shape index (κ1) is 14.2. The fourth-order valence-electron chi connectivity index (χ4n) is 5.49. The number of hydrogen-bond acceptors (Lipinski definition) is 1. The second-order valence-electron chi connectivity index (χ2n) is 7.59. The summed E-state index contributed by atoms with van der Waals surface area (Å²) in [5.41, 5.74) is 0.688. The minimum absolute atomic E-state index is 0.175. The van der Waals surface area contributed by atoms with E-state index in [1.165, 1.54) is 38.2 Å². The van der Waals surface area contributed by atoms with E-state index in [0.29, 0.717) is 30.4 Å². The lowest BCUT2D eigenvalue weighted by molar-refractivity contribution is -0.138. The van der Waals surface area contributed by atoms with Crippen LogP contribution in [-0.4, -0.2) is 12.5 Å². The zero-order chi connectivity index (χ0) is 15.1. The van der Waals surface area contributed by atoms with Gasteiger partial charge in [-0.25, -0.2) is 4.39 Å². The molecule has 0 spiro atoms. The van der Waals surface area contributed by atoms with Crippen molar-refractivity contribution < 1.29 is 9.18 Å². The smallest absolute Gasteiger partial charge is 0.223 e. The topological polar surface area (TPSA) is 29.1 Å². The lowest BCUT2D eigenvalue weighted by Crippen LogP contribution is -2.51. The van der Waals surface area contributed by atoms with Gasteiger partial charge in [-0.2, -0.15) is 0 Å². The van der Waals surface area contributed by atoms with Crippen molar-refractivity contribution >= 4 is 5.91 Å². The van der Waals surface area contributed by atoms with Crippen LogP contribution < -0.4 is 5.32 Å². The van der Waals surface area contributed by atoms with Crippen LogP contribution in [0.5, 0.6) is 0 Å². The third-order valence-electron chi connectivity index (χ3n) is 6.18. The molecule has 0 unspecified atom stereocenters. The SMILES string of the molecule is O=C(NCCc1ccccc1F)C1C2CC3CC(C2)CC1C3. The van der Waals surface area contributed by atoms with Crippen LogP contribution >= 0.6 is 0 Å². The van der Waals surface area contributed by atoms with Crippen molar-refractivity contribution in [2.24, 2.45) is 29.6 Å². The van der Waals surface area contributed by atoms with E-state index in [4.69, 9.17) is 0 Å². The van der Waals surface area contributed by atoms with E-state index in [1.807, 2.05) is 6.07 Å². The second-order valence-corrected chi connectivity index (χ2v) is 7.59. The fourth-order valence-corrected chi connectivity index (χ4v) is 5.49. The molecule has 4 fully saturated rings. The highest BCUT2D eigenvalue weighted by atomic mass is 19.1. The Morgan fingerprint density at radius 2 is 1.68 bits per heavy atom. The molecule has 0 heterocycles. The number of nitrogens with one attached hydrogen (secondary N) is 1. The summed E-state index contributed by atoms with van der Waals surface area (Å²) in [6.45, 7) is 0.544. The maximum absolute atomic E-state index is 13.6. The molecule has 1 aromatic carbocycles. The van der Waals surface area contributed by atoms with Crippen molar-refractivity contribution in [1.29, 1.82) is 0 Å². The Morgan fingerprint density at radius 3 is 2.32 bits per heavy atom. The lowest BCUT2D eigenvalue weighted by atomic mass is 9.51. The highest BCUT2D eigenvalue weighted by Gasteiger charge is 2.50. The number of carbonyl (C=O) groups is 1. The van der Waals surface area contributed by atoms with Gasteiger partial charge in [0.25, 0.3) is 0 Å². The largest absolute Gasteiger partial charge is 0.356 e. The first-order valence-corrected chi connectivity index (χ1v) is 8.72. The van der Waals surface area contributed by atoms with E-state index in [1.54, 1.807) is 12.1 Å². The van der Waals surface area contributed by atoms with Gasteiger partial charge < -0.3 is 5.32 Å². The third-order valence-corrected chi connectivity index (χ3v) is 6.18. The highest BCUT2D eigenvalue weighted by Crippen LogP contribution is 2.56. The molecule has 0 saturated heterocycles. The van der Waals surface area contributed by atoms with E-state index < -0.39 is 0 Å². The molecular formula is C19H24FNO. The van der Waals surface area contributed by atoms with Crippen molar-refractivity contribution in [3.05, 3.63) is 35.6 Å². The molecule has 22 heavy (non-hydrogen) atoms. The minimum atomic E-state index is -0.175. The normalized spacial score (nSPS) is 35.6. The molecule has 118 valence electrons. The summed E-state index contributed by atoms with van der Waals surface area (Å²) in [6.07, 6.45) is 7.04. The van der Waals surface area contributed by atoms with Gasteiger partial charge in [0.1, 0.15) is 5.82 Å². The van der Waals surface area contributed by atoms with Crippen molar-refractivity contribution in [2.45, 2.75) is 38.5 Å². The van der Waals surface area contributed by atoms with Gasteiger partial charge in [0.15, 0.2) is 0 Å². The number of rotatable bonds is 4. The molecule has 4 aliphatic rings. The monoisotopic (exact) mass is 301 g/mol. The Balaban J connectivity index is 1.34. The Bertz CT molecular complexity index is 542. The minimum Gasteiger partial charge on any atom is -0.356 e. The van der Waals surface area contributed by atoms with Crippen LogP contribution in [0.4, 0.5) is 4.39 Å². The van der Waals surface area contributed by atoms with E-state index in [2.05, 4.69) is 5.32 Å². The maximum atomic E-state index is 13.6. The quantitative estimate of drug-likeness (QED) is 0.905. The Kier molecular flexibility index (Phi) is 3.67. The number of carbonyl (C=O) groups excluding carboxylic acids is 1. The van der Waals surface area contributed by atoms with E-state index in [9.17, 15) is 9.18 Å². The van der Waals surface area contributed by atoms with Crippen LogP contribution in [-0.2, 0) is 11.2 Å². The molecule has 0 aliphatic heterocycles. The van der Waals surface area contributed by atoms with Crippen LogP contribution in [0.3, 0.4) is 0 Å². The molecule has 1 aromatic rings. The number of hydrogen-bond donors (Lipinski definition) is 1. The average molecular weight is 301 g/mol. The first-order chi connectivity index (χ1) is 10.7. The molecule has 2 nitrogen and oxygen atoms in total. The summed E-state index contributed by atoms with van der Waals surface area (Å²) in [4.78, 5) is 12.6. The van der Waals surface area contributed by atoms with E-state index >= 15 is 0 Å². The molecule has 5 rings (SSSR count). The van der Waals surface area contributed by atoms with Gasteiger partial charge in [-0.15, -0.1) is 0 Å². The summed E-state index contributed by atoms with van der Waals surface area (Å²) in [5, 5.41) is 3.08. The second kappa shape index (κ2) is 5.68. The predicted molar refractivity (Wildman–Crippen MR) is 83.6 cm³/mol. The van der Waals surface area contributed by atoms with Gasteiger partial charge in [0, 0.05) is 12.5 Å². The van der Waals surface area contributed by atoms with Gasteiger partial charge in [0.05, 0.1) is 0 Å². The molecule has 4 bridgehead atoms. The number of benzene rings is 1. The summed E-state index contributed by atoms with van der Waals surface area (Å²) in [7, 11) is 0. The molecule has 4 saturated carbocycles. The summed E-state index contributed by atoms with van der Waals surface area (Å²) in [5.74, 6) is 3.30. The first-order valence-electron chi connectivity index (χ1n) is 8.72. The molecule has 0 atom stereocenters. The van der Waals surface area contributed by atoms with Crippen molar-refractivity contribution in [3.63, 3.8) is 0 Å². The van der Waals surface area contributed by atoms with Gasteiger partial charge in [-0.3, -0.25) is 4.79 Å². The standard InChI is InChI=1S/C19H24FNO/c20-17-4-2-1-3-14(17)5-6-21-19(22)18-15-8-12-7-13(10-15)11-16(18)9-12/h1-4,12-13,15-16,18H,5-11H2,(H,21,22). The number of amides is 1. The van der Waals surface area contributed by atoms with E-state index in [-0.39, 0.29) is 17.6 Å². The van der Waals surface area contributed by atoms with Crippen LogP contribution in [0.1, 0.15) is 37.7 Å². The summed E-state index contributed by atoms with van der Waals surface area (Å²) in [6, 6.07) is 6.82. The Labute approximate surface area is 131 Å². The van der Waals surface area contributed by atoms with Crippen LogP contribution in [0.2, 0.25) is 0 Å². The van der Waals surface area contributed by atoms with Gasteiger partial charge in [-0.05, 0) is 73.8 Å². The molecule has 4 aliphatic carbocycles. The van der Waals surface area contributed by atoms with Crippen LogP contribution in [0.15, 0.2) is 24.3 Å². The van der Waals surface area contributed by atoms with Gasteiger partial charge in [0.2, 0.25) is 5.91 Å². The third kappa shape index (κ3) is 2.55.